The molecule has 22 heavy (non-hydrogen) atoms. The standard InChI is InChI=1S/C16H21N3O2S/c1-11(2)16(3,21)10-18-14(20)8-12-9-22-15(19-12)13-6-4-5-7-17-13/h4-7,9,11,21H,8,10H2,1-3H3,(H,18,20). The molecular formula is C16H21N3O2S. The highest BCUT2D eigenvalue weighted by atomic mass is 32.1. The molecule has 2 aromatic heterocycles. The number of aliphatic hydroxyl groups is 1. The van der Waals surface area contributed by atoms with Crippen LogP contribution in [0, 0.1) is 5.92 Å². The molecule has 0 aliphatic heterocycles. The van der Waals surface area contributed by atoms with E-state index in [4.69, 9.17) is 0 Å². The van der Waals surface area contributed by atoms with Crippen molar-refractivity contribution in [1.82, 2.24) is 15.3 Å². The molecule has 0 aromatic carbocycles. The molecule has 1 atom stereocenters. The van der Waals surface area contributed by atoms with Crippen LogP contribution in [0.15, 0.2) is 29.8 Å². The van der Waals surface area contributed by atoms with Gasteiger partial charge in [0.2, 0.25) is 5.91 Å². The highest BCUT2D eigenvalue weighted by Crippen LogP contribution is 2.21. The number of rotatable bonds is 6. The molecule has 2 N–H and O–H groups in total. The third-order valence-corrected chi connectivity index (χ3v) is 4.58. The fraction of sp³-hybridized carbons (Fsp3) is 0.438. The molecule has 0 spiro atoms. The van der Waals surface area contributed by atoms with E-state index in [1.807, 2.05) is 37.4 Å². The summed E-state index contributed by atoms with van der Waals surface area (Å²) in [6.45, 7) is 5.80. The first-order valence-corrected chi connectivity index (χ1v) is 8.11. The van der Waals surface area contributed by atoms with Crippen LogP contribution in [0.1, 0.15) is 26.5 Å². The van der Waals surface area contributed by atoms with Crippen molar-refractivity contribution in [1.29, 1.82) is 0 Å². The second kappa shape index (κ2) is 6.98. The molecule has 0 bridgehead atoms. The Morgan fingerprint density at radius 3 is 2.86 bits per heavy atom. The van der Waals surface area contributed by atoms with Gasteiger partial charge < -0.3 is 10.4 Å². The fourth-order valence-electron chi connectivity index (χ4n) is 1.70. The summed E-state index contributed by atoms with van der Waals surface area (Å²) < 4.78 is 0. The summed E-state index contributed by atoms with van der Waals surface area (Å²) in [4.78, 5) is 20.6. The Morgan fingerprint density at radius 2 is 2.23 bits per heavy atom. The van der Waals surface area contributed by atoms with Crippen molar-refractivity contribution in [3.63, 3.8) is 0 Å². The lowest BCUT2D eigenvalue weighted by Crippen LogP contribution is -2.44. The monoisotopic (exact) mass is 319 g/mol. The van der Waals surface area contributed by atoms with Crippen molar-refractivity contribution >= 4 is 17.2 Å². The molecule has 0 saturated heterocycles. The predicted molar refractivity (Wildman–Crippen MR) is 87.5 cm³/mol. The lowest BCUT2D eigenvalue weighted by molar-refractivity contribution is -0.122. The van der Waals surface area contributed by atoms with Crippen LogP contribution >= 0.6 is 11.3 Å². The first kappa shape index (κ1) is 16.6. The molecule has 6 heteroatoms. The van der Waals surface area contributed by atoms with Crippen molar-refractivity contribution < 1.29 is 9.90 Å². The van der Waals surface area contributed by atoms with Crippen LogP contribution in [0.25, 0.3) is 10.7 Å². The summed E-state index contributed by atoms with van der Waals surface area (Å²) in [5, 5.41) is 15.6. The van der Waals surface area contributed by atoms with Crippen molar-refractivity contribution in [3.8, 4) is 10.7 Å². The Morgan fingerprint density at radius 1 is 1.45 bits per heavy atom. The average Bonchev–Trinajstić information content (AvgIpc) is 2.94. The van der Waals surface area contributed by atoms with E-state index in [9.17, 15) is 9.90 Å². The Labute approximate surface area is 134 Å². The highest BCUT2D eigenvalue weighted by Gasteiger charge is 2.25. The Bertz CT molecular complexity index is 623. The van der Waals surface area contributed by atoms with Crippen LogP contribution in [0.4, 0.5) is 0 Å². The zero-order chi connectivity index (χ0) is 16.2. The number of hydrogen-bond donors (Lipinski definition) is 2. The van der Waals surface area contributed by atoms with Gasteiger partial charge in [0.25, 0.3) is 0 Å². The van der Waals surface area contributed by atoms with Crippen LogP contribution in [0.5, 0.6) is 0 Å². The number of aromatic nitrogens is 2. The second-order valence-corrected chi connectivity index (χ2v) is 6.68. The van der Waals surface area contributed by atoms with E-state index in [0.29, 0.717) is 5.69 Å². The first-order chi connectivity index (χ1) is 10.4. The van der Waals surface area contributed by atoms with Gasteiger partial charge in [0.15, 0.2) is 0 Å². The normalized spacial score (nSPS) is 13.9. The zero-order valence-electron chi connectivity index (χ0n) is 13.0. The third-order valence-electron chi connectivity index (χ3n) is 3.66. The van der Waals surface area contributed by atoms with Crippen LogP contribution in [-0.4, -0.2) is 33.1 Å². The molecule has 118 valence electrons. The molecule has 2 aromatic rings. The second-order valence-electron chi connectivity index (χ2n) is 5.82. The molecule has 5 nitrogen and oxygen atoms in total. The number of hydrogen-bond acceptors (Lipinski definition) is 5. The lowest BCUT2D eigenvalue weighted by atomic mass is 9.92. The number of carbonyl (C=O) groups excluding carboxylic acids is 1. The average molecular weight is 319 g/mol. The van der Waals surface area contributed by atoms with Crippen molar-refractivity contribution in [3.05, 3.63) is 35.5 Å². The van der Waals surface area contributed by atoms with E-state index in [1.54, 1.807) is 13.1 Å². The topological polar surface area (TPSA) is 75.1 Å². The maximum absolute atomic E-state index is 12.0. The van der Waals surface area contributed by atoms with Crippen molar-refractivity contribution in [2.75, 3.05) is 6.54 Å². The quantitative estimate of drug-likeness (QED) is 0.856. The van der Waals surface area contributed by atoms with Gasteiger partial charge >= 0.3 is 0 Å². The van der Waals surface area contributed by atoms with Gasteiger partial charge in [-0.1, -0.05) is 19.9 Å². The largest absolute Gasteiger partial charge is 0.388 e. The Balaban J connectivity index is 1.92. The molecule has 0 radical (unpaired) electrons. The fourth-order valence-corrected chi connectivity index (χ4v) is 2.50. The van der Waals surface area contributed by atoms with Gasteiger partial charge in [-0.25, -0.2) is 4.98 Å². The maximum Gasteiger partial charge on any atom is 0.226 e. The van der Waals surface area contributed by atoms with Crippen LogP contribution < -0.4 is 5.32 Å². The summed E-state index contributed by atoms with van der Waals surface area (Å²) in [7, 11) is 0. The SMILES string of the molecule is CC(C)C(C)(O)CNC(=O)Cc1csc(-c2ccccn2)n1. The molecule has 0 aliphatic carbocycles. The van der Waals surface area contributed by atoms with Crippen LogP contribution in [-0.2, 0) is 11.2 Å². The minimum Gasteiger partial charge on any atom is -0.388 e. The van der Waals surface area contributed by atoms with Gasteiger partial charge in [0, 0.05) is 18.1 Å². The number of amides is 1. The van der Waals surface area contributed by atoms with Crippen molar-refractivity contribution in [2.24, 2.45) is 5.92 Å². The van der Waals surface area contributed by atoms with Gasteiger partial charge in [0.05, 0.1) is 23.4 Å². The minimum absolute atomic E-state index is 0.0721. The molecular weight excluding hydrogens is 298 g/mol. The highest BCUT2D eigenvalue weighted by molar-refractivity contribution is 7.13. The van der Waals surface area contributed by atoms with E-state index < -0.39 is 5.60 Å². The van der Waals surface area contributed by atoms with Gasteiger partial charge in [-0.15, -0.1) is 11.3 Å². The maximum atomic E-state index is 12.0. The summed E-state index contributed by atoms with van der Waals surface area (Å²) in [5.41, 5.74) is 0.617. The van der Waals surface area contributed by atoms with Crippen LogP contribution in [0.3, 0.4) is 0 Å². The van der Waals surface area contributed by atoms with E-state index in [2.05, 4.69) is 15.3 Å². The van der Waals surface area contributed by atoms with Gasteiger partial charge in [-0.2, -0.15) is 0 Å². The summed E-state index contributed by atoms with van der Waals surface area (Å²) in [6, 6.07) is 5.65. The van der Waals surface area contributed by atoms with E-state index in [-0.39, 0.29) is 24.8 Å². The minimum atomic E-state index is -0.906. The molecule has 1 unspecified atom stereocenters. The van der Waals surface area contributed by atoms with E-state index in [0.717, 1.165) is 10.7 Å². The van der Waals surface area contributed by atoms with E-state index in [1.165, 1.54) is 11.3 Å². The summed E-state index contributed by atoms with van der Waals surface area (Å²) >= 11 is 1.47. The molecule has 2 rings (SSSR count). The number of thiazole rings is 1. The smallest absolute Gasteiger partial charge is 0.226 e. The summed E-state index contributed by atoms with van der Waals surface area (Å²) in [6.07, 6.45) is 1.93. The predicted octanol–water partition coefficient (Wildman–Crippen LogP) is 2.27. The zero-order valence-corrected chi connectivity index (χ0v) is 13.9. The summed E-state index contributed by atoms with van der Waals surface area (Å²) in [5.74, 6) is -0.0679. The van der Waals surface area contributed by atoms with E-state index >= 15 is 0 Å². The van der Waals surface area contributed by atoms with Gasteiger partial charge in [-0.3, -0.25) is 9.78 Å². The number of nitrogens with one attached hydrogen (secondary N) is 1. The number of carbonyl (C=O) groups is 1. The lowest BCUT2D eigenvalue weighted by Gasteiger charge is -2.27. The molecule has 1 amide bonds. The first-order valence-electron chi connectivity index (χ1n) is 7.23. The van der Waals surface area contributed by atoms with Crippen molar-refractivity contribution in [2.45, 2.75) is 32.8 Å². The Hall–Kier alpha value is -1.79. The molecule has 0 saturated carbocycles. The Kier molecular flexibility index (Phi) is 5.26. The van der Waals surface area contributed by atoms with Gasteiger partial charge in [0.1, 0.15) is 5.01 Å². The molecule has 2 heterocycles. The number of nitrogens with zero attached hydrogens (tertiary/aromatic N) is 2. The molecule has 0 fully saturated rings. The van der Waals surface area contributed by atoms with Crippen LogP contribution in [0.2, 0.25) is 0 Å². The number of pyridine rings is 1. The third kappa shape index (κ3) is 4.35. The van der Waals surface area contributed by atoms with Gasteiger partial charge in [-0.05, 0) is 25.0 Å². The molecule has 0 aliphatic rings.